The summed E-state index contributed by atoms with van der Waals surface area (Å²) in [6.07, 6.45) is 0. The summed E-state index contributed by atoms with van der Waals surface area (Å²) in [5, 5.41) is 12.0. The highest BCUT2D eigenvalue weighted by atomic mass is 32.2. The van der Waals surface area contributed by atoms with Gasteiger partial charge in [-0.15, -0.1) is 11.8 Å². The third-order valence-corrected chi connectivity index (χ3v) is 5.84. The van der Waals surface area contributed by atoms with Crippen LogP contribution in [0.2, 0.25) is 0 Å². The van der Waals surface area contributed by atoms with Crippen molar-refractivity contribution in [3.63, 3.8) is 0 Å². The van der Waals surface area contributed by atoms with Crippen LogP contribution in [-0.4, -0.2) is 40.0 Å². The Labute approximate surface area is 156 Å². The Kier molecular flexibility index (Phi) is 5.38. The molecular weight excluding hydrogens is 352 g/mol. The lowest BCUT2D eigenvalue weighted by molar-refractivity contribution is -0.136. The number of nitrogens with one attached hydrogen (secondary N) is 1. The maximum absolute atomic E-state index is 11.8. The van der Waals surface area contributed by atoms with Crippen molar-refractivity contribution in [1.82, 2.24) is 9.88 Å². The maximum Gasteiger partial charge on any atom is 0.338 e. The Morgan fingerprint density at radius 3 is 2.58 bits per heavy atom. The number of aryl methyl sites for hydroxylation is 1. The lowest BCUT2D eigenvalue weighted by Crippen LogP contribution is -2.21. The van der Waals surface area contributed by atoms with Crippen molar-refractivity contribution in [3.05, 3.63) is 52.8 Å². The number of nitrogens with zero attached hydrogens (tertiary/aromatic N) is 1. The minimum Gasteiger partial charge on any atom is -0.480 e. The third-order valence-electron chi connectivity index (χ3n) is 4.45. The van der Waals surface area contributed by atoms with Crippen LogP contribution in [0, 0.1) is 13.8 Å². The monoisotopic (exact) mass is 374 g/mol. The highest BCUT2D eigenvalue weighted by Gasteiger charge is 2.32. The van der Waals surface area contributed by atoms with Gasteiger partial charge < -0.3 is 14.4 Å². The zero-order valence-corrected chi connectivity index (χ0v) is 15.8. The van der Waals surface area contributed by atoms with Gasteiger partial charge in [-0.05, 0) is 51.1 Å². The molecule has 1 fully saturated rings. The molecule has 2 atom stereocenters. The van der Waals surface area contributed by atoms with Gasteiger partial charge in [0.2, 0.25) is 0 Å². The first-order chi connectivity index (χ1) is 12.4. The molecule has 1 aromatic heterocycles. The largest absolute Gasteiger partial charge is 0.480 e. The van der Waals surface area contributed by atoms with Crippen molar-refractivity contribution in [2.45, 2.75) is 31.4 Å². The first-order valence-electron chi connectivity index (χ1n) is 8.50. The molecule has 1 aliphatic rings. The summed E-state index contributed by atoms with van der Waals surface area (Å²) >= 11 is 1.43. The molecule has 1 aliphatic heterocycles. The molecule has 0 radical (unpaired) electrons. The van der Waals surface area contributed by atoms with Crippen LogP contribution < -0.4 is 5.32 Å². The molecule has 2 N–H and O–H groups in total. The quantitative estimate of drug-likeness (QED) is 0.783. The number of hydrogen-bond donors (Lipinski definition) is 2. The second-order valence-corrected chi connectivity index (χ2v) is 7.49. The van der Waals surface area contributed by atoms with Crippen LogP contribution in [0.15, 0.2) is 30.3 Å². The standard InChI is InChI=1S/C19H22N2O4S/c1-4-25-19(24)13-5-7-14(8-6-13)21-11(2)9-15(12(21)3)17-20-10-16(26-17)18(22)23/h5-9,16-17,20H,4,10H2,1-3H3,(H,22,23)/t16-,17-/m0/s1. The fraction of sp³-hybridized carbons (Fsp3) is 0.368. The number of rotatable bonds is 5. The first kappa shape index (κ1) is 18.5. The number of carbonyl (C=O) groups is 2. The molecule has 0 saturated carbocycles. The Morgan fingerprint density at radius 1 is 1.31 bits per heavy atom. The minimum atomic E-state index is -0.784. The van der Waals surface area contributed by atoms with E-state index in [0.717, 1.165) is 22.6 Å². The summed E-state index contributed by atoms with van der Waals surface area (Å²) in [5.74, 6) is -1.11. The van der Waals surface area contributed by atoms with E-state index in [4.69, 9.17) is 4.74 Å². The summed E-state index contributed by atoms with van der Waals surface area (Å²) in [6.45, 7) is 6.64. The Morgan fingerprint density at radius 2 is 2.00 bits per heavy atom. The van der Waals surface area contributed by atoms with Crippen molar-refractivity contribution in [3.8, 4) is 5.69 Å². The number of ether oxygens (including phenoxy) is 1. The fourth-order valence-corrected chi connectivity index (χ4v) is 4.43. The van der Waals surface area contributed by atoms with Gasteiger partial charge in [-0.1, -0.05) is 0 Å². The second-order valence-electron chi connectivity index (χ2n) is 6.18. The normalized spacial score (nSPS) is 19.5. The maximum atomic E-state index is 11.8. The average molecular weight is 374 g/mol. The van der Waals surface area contributed by atoms with Crippen LogP contribution in [0.5, 0.6) is 0 Å². The van der Waals surface area contributed by atoms with Crippen LogP contribution in [0.3, 0.4) is 0 Å². The van der Waals surface area contributed by atoms with E-state index >= 15 is 0 Å². The van der Waals surface area contributed by atoms with E-state index in [0.29, 0.717) is 18.7 Å². The van der Waals surface area contributed by atoms with Gasteiger partial charge in [0.05, 0.1) is 17.5 Å². The minimum absolute atomic E-state index is 0.0325. The van der Waals surface area contributed by atoms with Crippen LogP contribution in [-0.2, 0) is 9.53 Å². The van der Waals surface area contributed by atoms with Gasteiger partial charge in [-0.2, -0.15) is 0 Å². The van der Waals surface area contributed by atoms with E-state index in [-0.39, 0.29) is 11.3 Å². The van der Waals surface area contributed by atoms with Gasteiger partial charge in [-0.25, -0.2) is 4.79 Å². The van der Waals surface area contributed by atoms with Gasteiger partial charge in [0.1, 0.15) is 5.25 Å². The highest BCUT2D eigenvalue weighted by molar-refractivity contribution is 8.01. The predicted molar refractivity (Wildman–Crippen MR) is 101 cm³/mol. The van der Waals surface area contributed by atoms with E-state index in [1.165, 1.54) is 11.8 Å². The van der Waals surface area contributed by atoms with E-state index < -0.39 is 11.2 Å². The van der Waals surface area contributed by atoms with E-state index in [2.05, 4.69) is 16.0 Å². The highest BCUT2D eigenvalue weighted by Crippen LogP contribution is 2.38. The number of aromatic nitrogens is 1. The van der Waals surface area contributed by atoms with E-state index in [9.17, 15) is 14.7 Å². The predicted octanol–water partition coefficient (Wildman–Crippen LogP) is 3.06. The summed E-state index contributed by atoms with van der Waals surface area (Å²) in [5.41, 5.74) is 4.68. The SMILES string of the molecule is CCOC(=O)c1ccc(-n2c(C)cc([C@H]3NC[C@@H](C(=O)O)S3)c2C)cc1. The molecule has 138 valence electrons. The van der Waals surface area contributed by atoms with Gasteiger partial charge in [0, 0.05) is 29.2 Å². The molecule has 6 nitrogen and oxygen atoms in total. The van der Waals surface area contributed by atoms with Crippen molar-refractivity contribution >= 4 is 23.7 Å². The second kappa shape index (κ2) is 7.55. The number of thioether (sulfide) groups is 1. The summed E-state index contributed by atoms with van der Waals surface area (Å²) in [4.78, 5) is 23.0. The molecule has 26 heavy (non-hydrogen) atoms. The van der Waals surface area contributed by atoms with Gasteiger partial charge in [0.15, 0.2) is 0 Å². The van der Waals surface area contributed by atoms with E-state index in [1.54, 1.807) is 19.1 Å². The number of carbonyl (C=O) groups excluding carboxylic acids is 1. The first-order valence-corrected chi connectivity index (χ1v) is 9.44. The number of esters is 1. The van der Waals surface area contributed by atoms with Crippen molar-refractivity contribution < 1.29 is 19.4 Å². The molecule has 7 heteroatoms. The number of benzene rings is 1. The summed E-state index contributed by atoms with van der Waals surface area (Å²) in [7, 11) is 0. The van der Waals surface area contributed by atoms with Crippen molar-refractivity contribution in [2.24, 2.45) is 0 Å². The zero-order chi connectivity index (χ0) is 18.8. The molecule has 0 aliphatic carbocycles. The lowest BCUT2D eigenvalue weighted by atomic mass is 10.2. The van der Waals surface area contributed by atoms with Crippen LogP contribution in [0.1, 0.15) is 39.6 Å². The number of aliphatic carboxylic acids is 1. The van der Waals surface area contributed by atoms with Crippen molar-refractivity contribution in [2.75, 3.05) is 13.2 Å². The van der Waals surface area contributed by atoms with Crippen LogP contribution in [0.4, 0.5) is 0 Å². The zero-order valence-electron chi connectivity index (χ0n) is 15.0. The molecule has 2 heterocycles. The van der Waals surface area contributed by atoms with Crippen LogP contribution >= 0.6 is 11.8 Å². The molecule has 0 unspecified atom stereocenters. The Balaban J connectivity index is 1.87. The van der Waals surface area contributed by atoms with E-state index in [1.807, 2.05) is 26.0 Å². The third kappa shape index (κ3) is 3.50. The van der Waals surface area contributed by atoms with Gasteiger partial charge >= 0.3 is 11.9 Å². The molecule has 0 bridgehead atoms. The molecular formula is C19H22N2O4S. The topological polar surface area (TPSA) is 80.6 Å². The fourth-order valence-electron chi connectivity index (χ4n) is 3.21. The van der Waals surface area contributed by atoms with Gasteiger partial charge in [-0.3, -0.25) is 10.1 Å². The molecule has 0 amide bonds. The van der Waals surface area contributed by atoms with Gasteiger partial charge in [0.25, 0.3) is 0 Å². The van der Waals surface area contributed by atoms with Crippen LogP contribution in [0.25, 0.3) is 5.69 Å². The molecule has 1 saturated heterocycles. The molecule has 2 aromatic rings. The molecule has 0 spiro atoms. The summed E-state index contributed by atoms with van der Waals surface area (Å²) < 4.78 is 7.13. The summed E-state index contributed by atoms with van der Waals surface area (Å²) in [6, 6.07) is 9.39. The number of carboxylic acid groups (broad SMARTS) is 1. The smallest absolute Gasteiger partial charge is 0.338 e. The Bertz CT molecular complexity index is 829. The number of hydrogen-bond acceptors (Lipinski definition) is 5. The van der Waals surface area contributed by atoms with Crippen molar-refractivity contribution in [1.29, 1.82) is 0 Å². The average Bonchev–Trinajstić information content (AvgIpc) is 3.20. The number of carboxylic acids is 1. The molecule has 3 rings (SSSR count). The Hall–Kier alpha value is -2.25. The lowest BCUT2D eigenvalue weighted by Gasteiger charge is -2.13. The molecule has 1 aromatic carbocycles.